The predicted octanol–water partition coefficient (Wildman–Crippen LogP) is 2.29. The van der Waals surface area contributed by atoms with Crippen LogP contribution in [0.4, 0.5) is 0 Å². The fourth-order valence-electron chi connectivity index (χ4n) is 2.04. The number of halogens is 1. The Labute approximate surface area is 115 Å². The molecule has 1 atom stereocenters. The molecule has 1 saturated heterocycles. The van der Waals surface area contributed by atoms with E-state index in [1.165, 1.54) is 12.0 Å². The van der Waals surface area contributed by atoms with Gasteiger partial charge in [0.15, 0.2) is 0 Å². The highest BCUT2D eigenvalue weighted by atomic mass is 35.5. The molecule has 0 spiro atoms. The number of rotatable bonds is 6. The maximum atomic E-state index is 5.78. The van der Waals surface area contributed by atoms with Crippen molar-refractivity contribution in [2.75, 3.05) is 33.4 Å². The average Bonchev–Trinajstić information content (AvgIpc) is 2.88. The van der Waals surface area contributed by atoms with Crippen molar-refractivity contribution in [2.45, 2.75) is 12.8 Å². The minimum atomic E-state index is 0. The molecule has 0 radical (unpaired) electrons. The second-order valence-electron chi connectivity index (χ2n) is 4.56. The van der Waals surface area contributed by atoms with E-state index in [9.17, 15) is 0 Å². The normalized spacial score (nSPS) is 18.4. The quantitative estimate of drug-likeness (QED) is 0.861. The summed E-state index contributed by atoms with van der Waals surface area (Å²) in [6, 6.07) is 8.32. The van der Waals surface area contributed by atoms with Gasteiger partial charge in [-0.25, -0.2) is 0 Å². The number of methoxy groups -OCH3 is 1. The van der Waals surface area contributed by atoms with Gasteiger partial charge in [0.1, 0.15) is 5.75 Å². The van der Waals surface area contributed by atoms with Crippen LogP contribution in [0.25, 0.3) is 0 Å². The summed E-state index contributed by atoms with van der Waals surface area (Å²) in [5.41, 5.74) is 1.29. The summed E-state index contributed by atoms with van der Waals surface area (Å²) in [6.07, 6.45) is 2.19. The van der Waals surface area contributed by atoms with Crippen molar-refractivity contribution in [3.8, 4) is 5.75 Å². The van der Waals surface area contributed by atoms with E-state index >= 15 is 0 Å². The minimum absolute atomic E-state index is 0. The van der Waals surface area contributed by atoms with Crippen molar-refractivity contribution in [1.82, 2.24) is 5.32 Å². The van der Waals surface area contributed by atoms with Gasteiger partial charge in [0, 0.05) is 19.6 Å². The highest BCUT2D eigenvalue weighted by molar-refractivity contribution is 5.85. The van der Waals surface area contributed by atoms with Crippen molar-refractivity contribution < 1.29 is 9.47 Å². The monoisotopic (exact) mass is 271 g/mol. The number of hydrogen-bond donors (Lipinski definition) is 1. The average molecular weight is 272 g/mol. The summed E-state index contributed by atoms with van der Waals surface area (Å²) in [4.78, 5) is 0. The van der Waals surface area contributed by atoms with Gasteiger partial charge in [0.25, 0.3) is 0 Å². The fourth-order valence-corrected chi connectivity index (χ4v) is 2.04. The first kappa shape index (κ1) is 15.3. The summed E-state index contributed by atoms with van der Waals surface area (Å²) < 4.78 is 10.8. The van der Waals surface area contributed by atoms with Crippen molar-refractivity contribution in [3.63, 3.8) is 0 Å². The SMILES string of the molecule is COCCc1ccc(OCC2CCNC2)cc1.Cl. The summed E-state index contributed by atoms with van der Waals surface area (Å²) in [6.45, 7) is 3.81. The molecule has 1 unspecified atom stereocenters. The van der Waals surface area contributed by atoms with Crippen LogP contribution in [0.5, 0.6) is 5.75 Å². The molecule has 1 N–H and O–H groups in total. The van der Waals surface area contributed by atoms with Gasteiger partial charge in [-0.15, -0.1) is 12.4 Å². The van der Waals surface area contributed by atoms with Gasteiger partial charge in [0.05, 0.1) is 13.2 Å². The predicted molar refractivity (Wildman–Crippen MR) is 75.7 cm³/mol. The zero-order chi connectivity index (χ0) is 11.9. The van der Waals surface area contributed by atoms with Gasteiger partial charge in [-0.2, -0.15) is 0 Å². The number of ether oxygens (including phenoxy) is 2. The lowest BCUT2D eigenvalue weighted by Gasteiger charge is -2.11. The molecule has 18 heavy (non-hydrogen) atoms. The first-order valence-corrected chi connectivity index (χ1v) is 6.30. The molecule has 102 valence electrons. The first-order valence-electron chi connectivity index (χ1n) is 6.30. The Hall–Kier alpha value is -0.770. The molecule has 0 saturated carbocycles. The second-order valence-corrected chi connectivity index (χ2v) is 4.56. The van der Waals surface area contributed by atoms with Crippen LogP contribution in [0.3, 0.4) is 0 Å². The Morgan fingerprint density at radius 1 is 1.28 bits per heavy atom. The van der Waals surface area contributed by atoms with Gasteiger partial charge in [-0.05, 0) is 37.1 Å². The lowest BCUT2D eigenvalue weighted by Crippen LogP contribution is -2.15. The van der Waals surface area contributed by atoms with Gasteiger partial charge >= 0.3 is 0 Å². The molecule has 4 heteroatoms. The molecule has 1 fully saturated rings. The Morgan fingerprint density at radius 2 is 2.06 bits per heavy atom. The minimum Gasteiger partial charge on any atom is -0.493 e. The van der Waals surface area contributed by atoms with E-state index in [1.54, 1.807) is 7.11 Å². The Kier molecular flexibility index (Phi) is 7.09. The van der Waals surface area contributed by atoms with E-state index in [0.717, 1.165) is 38.5 Å². The van der Waals surface area contributed by atoms with Crippen LogP contribution in [0.1, 0.15) is 12.0 Å². The van der Waals surface area contributed by atoms with Crippen LogP contribution >= 0.6 is 12.4 Å². The summed E-state index contributed by atoms with van der Waals surface area (Å²) in [5.74, 6) is 1.64. The molecule has 0 amide bonds. The zero-order valence-electron chi connectivity index (χ0n) is 10.9. The van der Waals surface area contributed by atoms with Crippen LogP contribution in [0, 0.1) is 5.92 Å². The highest BCUT2D eigenvalue weighted by Gasteiger charge is 2.14. The molecule has 0 bridgehead atoms. The summed E-state index contributed by atoms with van der Waals surface area (Å²) in [5, 5.41) is 3.35. The number of benzene rings is 1. The third-order valence-electron chi connectivity index (χ3n) is 3.17. The molecule has 2 rings (SSSR count). The third-order valence-corrected chi connectivity index (χ3v) is 3.17. The van der Waals surface area contributed by atoms with Crippen LogP contribution in [-0.4, -0.2) is 33.4 Å². The van der Waals surface area contributed by atoms with Gasteiger partial charge in [0.2, 0.25) is 0 Å². The molecule has 1 aromatic carbocycles. The van der Waals surface area contributed by atoms with Crippen LogP contribution in [0.2, 0.25) is 0 Å². The van der Waals surface area contributed by atoms with Gasteiger partial charge < -0.3 is 14.8 Å². The molecule has 3 nitrogen and oxygen atoms in total. The van der Waals surface area contributed by atoms with E-state index in [4.69, 9.17) is 9.47 Å². The Bertz CT molecular complexity index is 323. The van der Waals surface area contributed by atoms with Crippen molar-refractivity contribution in [2.24, 2.45) is 5.92 Å². The third kappa shape index (κ3) is 4.84. The zero-order valence-corrected chi connectivity index (χ0v) is 11.7. The maximum absolute atomic E-state index is 5.78. The molecule has 0 aliphatic carbocycles. The lowest BCUT2D eigenvalue weighted by atomic mass is 10.1. The van der Waals surface area contributed by atoms with E-state index in [2.05, 4.69) is 17.4 Å². The van der Waals surface area contributed by atoms with Gasteiger partial charge in [-0.1, -0.05) is 12.1 Å². The van der Waals surface area contributed by atoms with Crippen LogP contribution in [0.15, 0.2) is 24.3 Å². The second kappa shape index (κ2) is 8.35. The Balaban J connectivity index is 0.00000162. The largest absolute Gasteiger partial charge is 0.493 e. The molecular formula is C14H22ClNO2. The molecule has 1 heterocycles. The van der Waals surface area contributed by atoms with Crippen LogP contribution in [-0.2, 0) is 11.2 Å². The van der Waals surface area contributed by atoms with Gasteiger partial charge in [-0.3, -0.25) is 0 Å². The van der Waals surface area contributed by atoms with E-state index in [-0.39, 0.29) is 12.4 Å². The molecule has 1 aliphatic heterocycles. The molecular weight excluding hydrogens is 250 g/mol. The smallest absolute Gasteiger partial charge is 0.119 e. The van der Waals surface area contributed by atoms with E-state index in [1.807, 2.05) is 12.1 Å². The van der Waals surface area contributed by atoms with Crippen molar-refractivity contribution in [1.29, 1.82) is 0 Å². The lowest BCUT2D eigenvalue weighted by molar-refractivity contribution is 0.202. The van der Waals surface area contributed by atoms with Crippen LogP contribution < -0.4 is 10.1 Å². The maximum Gasteiger partial charge on any atom is 0.119 e. The molecule has 0 aromatic heterocycles. The standard InChI is InChI=1S/C14H21NO2.ClH/c1-16-9-7-12-2-4-14(5-3-12)17-11-13-6-8-15-10-13;/h2-5,13,15H,6-11H2,1H3;1H. The van der Waals surface area contributed by atoms with Crippen molar-refractivity contribution >= 4 is 12.4 Å². The fraction of sp³-hybridized carbons (Fsp3) is 0.571. The summed E-state index contributed by atoms with van der Waals surface area (Å²) in [7, 11) is 1.73. The number of hydrogen-bond acceptors (Lipinski definition) is 3. The first-order chi connectivity index (χ1) is 8.38. The van der Waals surface area contributed by atoms with Crippen molar-refractivity contribution in [3.05, 3.63) is 29.8 Å². The van der Waals surface area contributed by atoms with E-state index < -0.39 is 0 Å². The molecule has 1 aromatic rings. The highest BCUT2D eigenvalue weighted by Crippen LogP contribution is 2.15. The summed E-state index contributed by atoms with van der Waals surface area (Å²) >= 11 is 0. The number of nitrogens with one attached hydrogen (secondary N) is 1. The molecule has 1 aliphatic rings. The topological polar surface area (TPSA) is 30.5 Å². The Morgan fingerprint density at radius 3 is 2.67 bits per heavy atom. The van der Waals surface area contributed by atoms with E-state index in [0.29, 0.717) is 5.92 Å².